The van der Waals surface area contributed by atoms with E-state index in [-0.39, 0.29) is 17.4 Å². The molecule has 4 rings (SSSR count). The van der Waals surface area contributed by atoms with Gasteiger partial charge in [-0.15, -0.1) is 0 Å². The van der Waals surface area contributed by atoms with E-state index in [1.807, 2.05) is 42.7 Å². The maximum atomic E-state index is 12.2. The predicted molar refractivity (Wildman–Crippen MR) is 115 cm³/mol. The molecule has 1 unspecified atom stereocenters. The van der Waals surface area contributed by atoms with Gasteiger partial charge in [0.1, 0.15) is 0 Å². The third-order valence-electron chi connectivity index (χ3n) is 6.86. The maximum absolute atomic E-state index is 12.2. The lowest BCUT2D eigenvalue weighted by atomic mass is 9.69. The van der Waals surface area contributed by atoms with Gasteiger partial charge < -0.3 is 10.1 Å². The van der Waals surface area contributed by atoms with E-state index < -0.39 is 5.97 Å². The molecular formula is C24H29N3O2. The molecule has 2 heterocycles. The van der Waals surface area contributed by atoms with E-state index in [0.717, 1.165) is 47.8 Å². The van der Waals surface area contributed by atoms with Crippen LogP contribution in [-0.4, -0.2) is 40.0 Å². The van der Waals surface area contributed by atoms with E-state index in [1.54, 1.807) is 0 Å². The van der Waals surface area contributed by atoms with Gasteiger partial charge in [-0.25, -0.2) is 0 Å². The largest absolute Gasteiger partial charge is 0.481 e. The Kier molecular flexibility index (Phi) is 5.41. The van der Waals surface area contributed by atoms with Crippen LogP contribution >= 0.6 is 0 Å². The predicted octanol–water partition coefficient (Wildman–Crippen LogP) is 4.45. The first-order chi connectivity index (χ1) is 14.0. The molecule has 152 valence electrons. The number of pyridine rings is 1. The van der Waals surface area contributed by atoms with Crippen molar-refractivity contribution in [1.29, 1.82) is 0 Å². The number of carbonyl (C=O) groups is 1. The number of benzene rings is 1. The highest BCUT2D eigenvalue weighted by Crippen LogP contribution is 2.45. The van der Waals surface area contributed by atoms with Gasteiger partial charge in [0.25, 0.3) is 0 Å². The minimum Gasteiger partial charge on any atom is -0.481 e. The monoisotopic (exact) mass is 391 g/mol. The van der Waals surface area contributed by atoms with Gasteiger partial charge in [-0.05, 0) is 75.9 Å². The van der Waals surface area contributed by atoms with E-state index in [2.05, 4.69) is 41.1 Å². The van der Waals surface area contributed by atoms with Crippen molar-refractivity contribution in [2.75, 3.05) is 14.1 Å². The fraction of sp³-hybridized carbons (Fsp3) is 0.417. The third-order valence-corrected chi connectivity index (χ3v) is 6.86. The molecule has 0 spiro atoms. The number of nitrogens with one attached hydrogen (secondary N) is 1. The SMILES string of the molecule is CN(C)C1(c2ccccn2)CCC(C(Cc2c[nH]c3ccccc23)C(=O)O)CC1. The summed E-state index contributed by atoms with van der Waals surface area (Å²) in [4.78, 5) is 22.4. The summed E-state index contributed by atoms with van der Waals surface area (Å²) < 4.78 is 0. The molecule has 1 aromatic carbocycles. The molecule has 1 fully saturated rings. The third kappa shape index (κ3) is 3.67. The van der Waals surface area contributed by atoms with Gasteiger partial charge in [0, 0.05) is 23.3 Å². The molecule has 1 atom stereocenters. The molecule has 0 amide bonds. The van der Waals surface area contributed by atoms with Crippen LogP contribution in [0.2, 0.25) is 0 Å². The average molecular weight is 392 g/mol. The summed E-state index contributed by atoms with van der Waals surface area (Å²) in [6.45, 7) is 0. The van der Waals surface area contributed by atoms with Crippen molar-refractivity contribution in [2.24, 2.45) is 11.8 Å². The molecule has 1 aliphatic carbocycles. The van der Waals surface area contributed by atoms with Gasteiger partial charge in [0.15, 0.2) is 0 Å². The molecule has 1 aliphatic rings. The number of aromatic nitrogens is 2. The number of hydrogen-bond donors (Lipinski definition) is 2. The minimum absolute atomic E-state index is 0.110. The number of rotatable bonds is 6. The summed E-state index contributed by atoms with van der Waals surface area (Å²) in [5.74, 6) is -0.869. The zero-order valence-corrected chi connectivity index (χ0v) is 17.1. The molecule has 0 radical (unpaired) electrons. The summed E-state index contributed by atoms with van der Waals surface area (Å²) in [5.41, 5.74) is 3.15. The number of hydrogen-bond acceptors (Lipinski definition) is 3. The fourth-order valence-electron chi connectivity index (χ4n) is 5.08. The van der Waals surface area contributed by atoms with Crippen molar-refractivity contribution in [3.8, 4) is 0 Å². The molecule has 29 heavy (non-hydrogen) atoms. The second-order valence-corrected chi connectivity index (χ2v) is 8.49. The second kappa shape index (κ2) is 7.99. The molecule has 0 saturated heterocycles. The highest BCUT2D eigenvalue weighted by atomic mass is 16.4. The molecular weight excluding hydrogens is 362 g/mol. The van der Waals surface area contributed by atoms with Crippen molar-refractivity contribution < 1.29 is 9.90 Å². The van der Waals surface area contributed by atoms with Gasteiger partial charge in [0.2, 0.25) is 0 Å². The topological polar surface area (TPSA) is 69.2 Å². The Hall–Kier alpha value is -2.66. The molecule has 5 heteroatoms. The highest BCUT2D eigenvalue weighted by Gasteiger charge is 2.42. The van der Waals surface area contributed by atoms with Gasteiger partial charge in [-0.2, -0.15) is 0 Å². The summed E-state index contributed by atoms with van der Waals surface area (Å²) in [6, 6.07) is 14.2. The van der Waals surface area contributed by atoms with Crippen LogP contribution in [0.4, 0.5) is 0 Å². The van der Waals surface area contributed by atoms with Crippen LogP contribution in [-0.2, 0) is 16.8 Å². The number of carboxylic acids is 1. The van der Waals surface area contributed by atoms with Gasteiger partial charge in [-0.3, -0.25) is 14.7 Å². The quantitative estimate of drug-likeness (QED) is 0.651. The number of aromatic amines is 1. The standard InChI is InChI=1S/C24H29N3O2/c1-27(2)24(22-9-5-6-14-25-22)12-10-17(11-13-24)20(23(28)29)15-18-16-26-21-8-4-3-7-19(18)21/h3-9,14,16-17,20,26H,10-13,15H2,1-2H3,(H,28,29). The van der Waals surface area contributed by atoms with Crippen molar-refractivity contribution in [1.82, 2.24) is 14.9 Å². The van der Waals surface area contributed by atoms with Gasteiger partial charge >= 0.3 is 5.97 Å². The van der Waals surface area contributed by atoms with Gasteiger partial charge in [0.05, 0.1) is 17.2 Å². The second-order valence-electron chi connectivity index (χ2n) is 8.49. The lowest BCUT2D eigenvalue weighted by molar-refractivity contribution is -0.144. The van der Waals surface area contributed by atoms with E-state index >= 15 is 0 Å². The van der Waals surface area contributed by atoms with E-state index in [0.29, 0.717) is 6.42 Å². The summed E-state index contributed by atoms with van der Waals surface area (Å²) in [7, 11) is 4.21. The van der Waals surface area contributed by atoms with Crippen molar-refractivity contribution in [2.45, 2.75) is 37.6 Å². The molecule has 2 aromatic heterocycles. The molecule has 2 N–H and O–H groups in total. The first kappa shape index (κ1) is 19.6. The van der Waals surface area contributed by atoms with Crippen LogP contribution < -0.4 is 0 Å². The number of fused-ring (bicyclic) bond motifs is 1. The Morgan fingerprint density at radius 2 is 1.93 bits per heavy atom. The van der Waals surface area contributed by atoms with Crippen molar-refractivity contribution >= 4 is 16.9 Å². The molecule has 1 saturated carbocycles. The van der Waals surface area contributed by atoms with E-state index in [1.165, 1.54) is 0 Å². The summed E-state index contributed by atoms with van der Waals surface area (Å²) in [6.07, 6.45) is 8.05. The summed E-state index contributed by atoms with van der Waals surface area (Å²) in [5, 5.41) is 11.2. The van der Waals surface area contributed by atoms with Crippen LogP contribution in [0.1, 0.15) is 36.9 Å². The Balaban J connectivity index is 1.54. The first-order valence-electron chi connectivity index (χ1n) is 10.4. The normalized spacial score (nSPS) is 23.3. The Morgan fingerprint density at radius 1 is 1.21 bits per heavy atom. The number of aliphatic carboxylic acids is 1. The zero-order valence-electron chi connectivity index (χ0n) is 17.1. The number of H-pyrrole nitrogens is 1. The summed E-state index contributed by atoms with van der Waals surface area (Å²) >= 11 is 0. The van der Waals surface area contributed by atoms with Crippen LogP contribution in [0.15, 0.2) is 54.9 Å². The lowest BCUT2D eigenvalue weighted by Gasteiger charge is -2.45. The van der Waals surface area contributed by atoms with Gasteiger partial charge in [-0.1, -0.05) is 24.3 Å². The highest BCUT2D eigenvalue weighted by molar-refractivity contribution is 5.83. The number of para-hydroxylation sites is 1. The maximum Gasteiger partial charge on any atom is 0.307 e. The van der Waals surface area contributed by atoms with Crippen LogP contribution in [0.3, 0.4) is 0 Å². The van der Waals surface area contributed by atoms with E-state index in [4.69, 9.17) is 0 Å². The molecule has 3 aromatic rings. The Morgan fingerprint density at radius 3 is 2.59 bits per heavy atom. The molecule has 5 nitrogen and oxygen atoms in total. The van der Waals surface area contributed by atoms with Crippen molar-refractivity contribution in [3.63, 3.8) is 0 Å². The number of carboxylic acid groups (broad SMARTS) is 1. The smallest absolute Gasteiger partial charge is 0.307 e. The molecule has 0 bridgehead atoms. The fourth-order valence-corrected chi connectivity index (χ4v) is 5.08. The van der Waals surface area contributed by atoms with Crippen LogP contribution in [0, 0.1) is 11.8 Å². The Bertz CT molecular complexity index is 972. The average Bonchev–Trinajstić information content (AvgIpc) is 3.15. The van der Waals surface area contributed by atoms with E-state index in [9.17, 15) is 9.90 Å². The number of nitrogens with zero attached hydrogens (tertiary/aromatic N) is 2. The zero-order chi connectivity index (χ0) is 20.4. The van der Waals surface area contributed by atoms with Crippen molar-refractivity contribution in [3.05, 3.63) is 66.1 Å². The van der Waals surface area contributed by atoms with Crippen LogP contribution in [0.25, 0.3) is 10.9 Å². The Labute approximate surface area is 171 Å². The molecule has 0 aliphatic heterocycles. The minimum atomic E-state index is -0.685. The lowest BCUT2D eigenvalue weighted by Crippen LogP contribution is -2.46. The first-order valence-corrected chi connectivity index (χ1v) is 10.4. The van der Waals surface area contributed by atoms with Crippen LogP contribution in [0.5, 0.6) is 0 Å².